The van der Waals surface area contributed by atoms with Gasteiger partial charge in [-0.3, -0.25) is 9.10 Å². The second-order valence-electron chi connectivity index (χ2n) is 6.17. The molecule has 7 nitrogen and oxygen atoms in total. The quantitative estimate of drug-likeness (QED) is 0.741. The fourth-order valence-corrected chi connectivity index (χ4v) is 5.10. The van der Waals surface area contributed by atoms with Crippen LogP contribution in [0.3, 0.4) is 0 Å². The number of nitrogens with one attached hydrogen (secondary N) is 1. The average molecular weight is 409 g/mol. The first-order valence-corrected chi connectivity index (χ1v) is 11.0. The molecule has 144 valence electrons. The first-order valence-electron chi connectivity index (χ1n) is 8.47. The standard InChI is InChI=1S/C18H20N2O5S2/c1-13(16-4-2-10-26-16)19-17(21)12-25-18(22)14-5-7-15(8-6-14)20-9-3-11-27(20,23)24/h2,4-8,10,13H,3,9,11-12H2,1H3,(H,19,21)/t13-/m0/s1. The first kappa shape index (κ1) is 19.4. The molecular weight excluding hydrogens is 388 g/mol. The summed E-state index contributed by atoms with van der Waals surface area (Å²) in [5.74, 6) is -0.885. The first-order chi connectivity index (χ1) is 12.9. The van der Waals surface area contributed by atoms with Gasteiger partial charge in [-0.2, -0.15) is 0 Å². The van der Waals surface area contributed by atoms with Gasteiger partial charge in [-0.05, 0) is 49.1 Å². The molecule has 1 amide bonds. The van der Waals surface area contributed by atoms with E-state index in [0.717, 1.165) is 4.88 Å². The molecular formula is C18H20N2O5S2. The summed E-state index contributed by atoms with van der Waals surface area (Å²) < 4.78 is 30.2. The predicted molar refractivity (Wildman–Crippen MR) is 103 cm³/mol. The van der Waals surface area contributed by atoms with Crippen molar-refractivity contribution < 1.29 is 22.7 Å². The van der Waals surface area contributed by atoms with Crippen LogP contribution in [-0.4, -0.2) is 39.2 Å². The van der Waals surface area contributed by atoms with Gasteiger partial charge in [-0.25, -0.2) is 13.2 Å². The van der Waals surface area contributed by atoms with Gasteiger partial charge in [0.05, 0.1) is 23.0 Å². The number of hydrogen-bond acceptors (Lipinski definition) is 6. The minimum absolute atomic E-state index is 0.135. The summed E-state index contributed by atoms with van der Waals surface area (Å²) >= 11 is 1.54. The molecule has 1 aromatic heterocycles. The maximum Gasteiger partial charge on any atom is 0.338 e. The molecule has 3 rings (SSSR count). The van der Waals surface area contributed by atoms with Gasteiger partial charge in [0, 0.05) is 11.4 Å². The van der Waals surface area contributed by atoms with Crippen LogP contribution in [0, 0.1) is 0 Å². The lowest BCUT2D eigenvalue weighted by Crippen LogP contribution is -2.30. The van der Waals surface area contributed by atoms with Crippen molar-refractivity contribution in [3.8, 4) is 0 Å². The molecule has 27 heavy (non-hydrogen) atoms. The van der Waals surface area contributed by atoms with E-state index in [-0.39, 0.29) is 29.9 Å². The summed E-state index contributed by atoms with van der Waals surface area (Å²) in [6.45, 7) is 1.92. The van der Waals surface area contributed by atoms with Crippen molar-refractivity contribution in [1.82, 2.24) is 5.32 Å². The Hall–Kier alpha value is -2.39. The maximum absolute atomic E-state index is 12.1. The van der Waals surface area contributed by atoms with Gasteiger partial charge in [0.25, 0.3) is 5.91 Å². The average Bonchev–Trinajstić information content (AvgIpc) is 3.29. The number of thiophene rings is 1. The number of ether oxygens (including phenoxy) is 1. The molecule has 0 bridgehead atoms. The summed E-state index contributed by atoms with van der Waals surface area (Å²) in [6, 6.07) is 9.80. The van der Waals surface area contributed by atoms with Gasteiger partial charge in [0.1, 0.15) is 0 Å². The van der Waals surface area contributed by atoms with E-state index in [1.807, 2.05) is 24.4 Å². The van der Waals surface area contributed by atoms with Gasteiger partial charge in [0.15, 0.2) is 6.61 Å². The van der Waals surface area contributed by atoms with Crippen LogP contribution in [-0.2, 0) is 19.6 Å². The molecule has 9 heteroatoms. The second-order valence-corrected chi connectivity index (χ2v) is 9.16. The van der Waals surface area contributed by atoms with Gasteiger partial charge in [-0.1, -0.05) is 6.07 Å². The van der Waals surface area contributed by atoms with Crippen LogP contribution < -0.4 is 9.62 Å². The highest BCUT2D eigenvalue weighted by atomic mass is 32.2. The SMILES string of the molecule is C[C@H](NC(=O)COC(=O)c1ccc(N2CCCS2(=O)=O)cc1)c1cccs1. The molecule has 1 saturated heterocycles. The van der Waals surface area contributed by atoms with Crippen LogP contribution in [0.5, 0.6) is 0 Å². The van der Waals surface area contributed by atoms with E-state index < -0.39 is 16.0 Å². The number of nitrogens with zero attached hydrogens (tertiary/aromatic N) is 1. The Morgan fingerprint density at radius 1 is 1.26 bits per heavy atom. The highest BCUT2D eigenvalue weighted by Gasteiger charge is 2.28. The number of carbonyl (C=O) groups excluding carboxylic acids is 2. The zero-order chi connectivity index (χ0) is 19.4. The third-order valence-electron chi connectivity index (χ3n) is 4.17. The molecule has 0 spiro atoms. The number of amides is 1. The minimum atomic E-state index is -3.26. The third-order valence-corrected chi connectivity index (χ3v) is 7.10. The second kappa shape index (κ2) is 8.10. The Morgan fingerprint density at radius 2 is 2.00 bits per heavy atom. The fourth-order valence-electron chi connectivity index (χ4n) is 2.80. The van der Waals surface area contributed by atoms with Gasteiger partial charge < -0.3 is 10.1 Å². The van der Waals surface area contributed by atoms with E-state index in [9.17, 15) is 18.0 Å². The lowest BCUT2D eigenvalue weighted by atomic mass is 10.2. The van der Waals surface area contributed by atoms with Gasteiger partial charge in [-0.15, -0.1) is 11.3 Å². The summed E-state index contributed by atoms with van der Waals surface area (Å²) in [6.07, 6.45) is 0.588. The van der Waals surface area contributed by atoms with Crippen molar-refractivity contribution in [2.45, 2.75) is 19.4 Å². The minimum Gasteiger partial charge on any atom is -0.452 e. The van der Waals surface area contributed by atoms with Crippen LogP contribution >= 0.6 is 11.3 Å². The van der Waals surface area contributed by atoms with Gasteiger partial charge in [0.2, 0.25) is 10.0 Å². The van der Waals surface area contributed by atoms with E-state index >= 15 is 0 Å². The van der Waals surface area contributed by atoms with Crippen molar-refractivity contribution in [2.24, 2.45) is 0 Å². The molecule has 0 aliphatic carbocycles. The smallest absolute Gasteiger partial charge is 0.338 e. The summed E-state index contributed by atoms with van der Waals surface area (Å²) in [4.78, 5) is 25.0. The largest absolute Gasteiger partial charge is 0.452 e. The van der Waals surface area contributed by atoms with E-state index in [1.54, 1.807) is 12.1 Å². The Kier molecular flexibility index (Phi) is 5.81. The molecule has 1 aromatic carbocycles. The molecule has 2 aromatic rings. The topological polar surface area (TPSA) is 92.8 Å². The van der Waals surface area contributed by atoms with Crippen molar-refractivity contribution in [3.05, 3.63) is 52.2 Å². The number of benzene rings is 1. The van der Waals surface area contributed by atoms with Crippen molar-refractivity contribution >= 4 is 38.9 Å². The third kappa shape index (κ3) is 4.67. The fraction of sp³-hybridized carbons (Fsp3) is 0.333. The van der Waals surface area contributed by atoms with Crippen molar-refractivity contribution in [3.63, 3.8) is 0 Å². The van der Waals surface area contributed by atoms with Crippen LogP contribution in [0.2, 0.25) is 0 Å². The lowest BCUT2D eigenvalue weighted by Gasteiger charge is -2.17. The zero-order valence-corrected chi connectivity index (χ0v) is 16.4. The highest BCUT2D eigenvalue weighted by Crippen LogP contribution is 2.24. The van der Waals surface area contributed by atoms with E-state index in [0.29, 0.717) is 18.7 Å². The molecule has 2 heterocycles. The van der Waals surface area contributed by atoms with Crippen molar-refractivity contribution in [2.75, 3.05) is 23.2 Å². The zero-order valence-electron chi connectivity index (χ0n) is 14.8. The van der Waals surface area contributed by atoms with Gasteiger partial charge >= 0.3 is 5.97 Å². The molecule has 1 fully saturated rings. The van der Waals surface area contributed by atoms with E-state index in [4.69, 9.17) is 4.74 Å². The highest BCUT2D eigenvalue weighted by molar-refractivity contribution is 7.93. The van der Waals surface area contributed by atoms with Crippen LogP contribution in [0.15, 0.2) is 41.8 Å². The monoisotopic (exact) mass is 408 g/mol. The Bertz CT molecular complexity index is 908. The molecule has 0 radical (unpaired) electrons. The Morgan fingerprint density at radius 3 is 2.59 bits per heavy atom. The number of esters is 1. The van der Waals surface area contributed by atoms with Crippen LogP contribution in [0.4, 0.5) is 5.69 Å². The van der Waals surface area contributed by atoms with Crippen LogP contribution in [0.25, 0.3) is 0 Å². The Labute approximate surface area is 162 Å². The number of rotatable bonds is 6. The van der Waals surface area contributed by atoms with E-state index in [1.165, 1.54) is 27.8 Å². The number of carbonyl (C=O) groups is 2. The molecule has 1 aliphatic rings. The van der Waals surface area contributed by atoms with E-state index in [2.05, 4.69) is 5.32 Å². The lowest BCUT2D eigenvalue weighted by molar-refractivity contribution is -0.124. The summed E-state index contributed by atoms with van der Waals surface area (Å²) in [7, 11) is -3.26. The molecule has 0 saturated carbocycles. The normalized spacial score (nSPS) is 16.7. The summed E-state index contributed by atoms with van der Waals surface area (Å²) in [5, 5.41) is 4.69. The number of anilines is 1. The maximum atomic E-state index is 12.1. The Balaban J connectivity index is 1.53. The number of sulfonamides is 1. The molecule has 1 N–H and O–H groups in total. The molecule has 0 unspecified atom stereocenters. The van der Waals surface area contributed by atoms with Crippen molar-refractivity contribution in [1.29, 1.82) is 0 Å². The summed E-state index contributed by atoms with van der Waals surface area (Å²) in [5.41, 5.74) is 0.779. The molecule has 1 atom stereocenters. The molecule has 1 aliphatic heterocycles. The number of hydrogen-bond donors (Lipinski definition) is 1. The van der Waals surface area contributed by atoms with Crippen LogP contribution in [0.1, 0.15) is 34.6 Å². The predicted octanol–water partition coefficient (Wildman–Crippen LogP) is 2.32.